The number of likely N-dealkylation sites (N-methyl/N-ethyl adjacent to an activating group) is 1. The van der Waals surface area contributed by atoms with Gasteiger partial charge in [0.05, 0.1) is 18.7 Å². The monoisotopic (exact) mass is 275 g/mol. The van der Waals surface area contributed by atoms with E-state index in [0.717, 1.165) is 11.9 Å². The number of rotatable bonds is 5. The maximum atomic E-state index is 12.1. The fourth-order valence-electron chi connectivity index (χ4n) is 1.93. The molecule has 1 heterocycles. The highest BCUT2D eigenvalue weighted by Crippen LogP contribution is 2.23. The number of benzene rings is 1. The summed E-state index contributed by atoms with van der Waals surface area (Å²) in [4.78, 5) is 18.1. The topological polar surface area (TPSA) is 78.6 Å². The van der Waals surface area contributed by atoms with Gasteiger partial charge in [0.1, 0.15) is 17.3 Å². The Morgan fingerprint density at radius 3 is 2.75 bits per heavy atom. The molecule has 0 aliphatic heterocycles. The van der Waals surface area contributed by atoms with E-state index in [-0.39, 0.29) is 29.4 Å². The molecule has 0 atom stereocenters. The number of hydrogen-bond donors (Lipinski definition) is 2. The van der Waals surface area contributed by atoms with Crippen LogP contribution >= 0.6 is 0 Å². The molecule has 20 heavy (non-hydrogen) atoms. The molecule has 0 aliphatic carbocycles. The van der Waals surface area contributed by atoms with Crippen LogP contribution in [0.4, 0.5) is 0 Å². The van der Waals surface area contributed by atoms with Crippen LogP contribution in [0.1, 0.15) is 16.2 Å². The zero-order valence-corrected chi connectivity index (χ0v) is 11.4. The van der Waals surface area contributed by atoms with Crippen LogP contribution in [0.3, 0.4) is 0 Å². The van der Waals surface area contributed by atoms with E-state index < -0.39 is 0 Å². The minimum atomic E-state index is -0.209. The van der Waals surface area contributed by atoms with Gasteiger partial charge >= 0.3 is 0 Å². The van der Waals surface area contributed by atoms with Crippen LogP contribution in [0.15, 0.2) is 30.6 Å². The molecule has 1 aromatic heterocycles. The summed E-state index contributed by atoms with van der Waals surface area (Å²) < 4.78 is 1.89. The first-order valence-corrected chi connectivity index (χ1v) is 6.17. The Balaban J connectivity index is 2.02. The number of imidazole rings is 1. The van der Waals surface area contributed by atoms with E-state index in [4.69, 9.17) is 0 Å². The van der Waals surface area contributed by atoms with E-state index in [0.29, 0.717) is 6.54 Å². The summed E-state index contributed by atoms with van der Waals surface area (Å²) in [5.74, 6) is 0.371. The third kappa shape index (κ3) is 3.16. The maximum absolute atomic E-state index is 12.1. The number of Topliss-reactive ketones (excluding diaryl/α,β-unsaturated/α-hetero) is 1. The van der Waals surface area contributed by atoms with Crippen molar-refractivity contribution in [1.82, 2.24) is 14.5 Å². The summed E-state index contributed by atoms with van der Waals surface area (Å²) in [6.45, 7) is 0.694. The molecule has 0 saturated heterocycles. The van der Waals surface area contributed by atoms with Crippen LogP contribution in [0.5, 0.6) is 11.5 Å². The summed E-state index contributed by atoms with van der Waals surface area (Å²) >= 11 is 0. The largest absolute Gasteiger partial charge is 0.508 e. The number of hydrogen-bond acceptors (Lipinski definition) is 5. The lowest BCUT2D eigenvalue weighted by atomic mass is 10.1. The number of phenolic OH excluding ortho intramolecular Hbond substituents is 2. The number of aryl methyl sites for hydroxylation is 1. The average molecular weight is 275 g/mol. The minimum Gasteiger partial charge on any atom is -0.508 e. The van der Waals surface area contributed by atoms with Gasteiger partial charge in [-0.3, -0.25) is 9.69 Å². The Morgan fingerprint density at radius 1 is 1.40 bits per heavy atom. The molecule has 0 unspecified atom stereocenters. The van der Waals surface area contributed by atoms with Crippen LogP contribution < -0.4 is 0 Å². The molecule has 0 saturated carbocycles. The lowest BCUT2D eigenvalue weighted by Gasteiger charge is -2.15. The van der Waals surface area contributed by atoms with Gasteiger partial charge in [-0.2, -0.15) is 0 Å². The van der Waals surface area contributed by atoms with Gasteiger partial charge in [0.15, 0.2) is 5.78 Å². The summed E-state index contributed by atoms with van der Waals surface area (Å²) in [6.07, 6.45) is 3.55. The highest BCUT2D eigenvalue weighted by Gasteiger charge is 2.15. The average Bonchev–Trinajstić information content (AvgIpc) is 2.74. The molecule has 2 rings (SSSR count). The second-order valence-corrected chi connectivity index (χ2v) is 4.75. The van der Waals surface area contributed by atoms with Crippen molar-refractivity contribution in [2.24, 2.45) is 7.05 Å². The maximum Gasteiger partial charge on any atom is 0.180 e. The van der Waals surface area contributed by atoms with Gasteiger partial charge in [0.25, 0.3) is 0 Å². The molecule has 1 aromatic carbocycles. The van der Waals surface area contributed by atoms with E-state index >= 15 is 0 Å². The van der Waals surface area contributed by atoms with Gasteiger partial charge in [0.2, 0.25) is 0 Å². The summed E-state index contributed by atoms with van der Waals surface area (Å²) in [6, 6.07) is 3.96. The van der Waals surface area contributed by atoms with Crippen LogP contribution in [0.2, 0.25) is 0 Å². The van der Waals surface area contributed by atoms with Crippen LogP contribution in [0.25, 0.3) is 0 Å². The second kappa shape index (κ2) is 5.75. The van der Waals surface area contributed by atoms with E-state index in [1.54, 1.807) is 6.20 Å². The number of aromatic hydroxyl groups is 2. The van der Waals surface area contributed by atoms with Crippen LogP contribution in [-0.2, 0) is 13.6 Å². The van der Waals surface area contributed by atoms with Gasteiger partial charge in [-0.25, -0.2) is 4.98 Å². The van der Waals surface area contributed by atoms with E-state index in [2.05, 4.69) is 4.98 Å². The van der Waals surface area contributed by atoms with Crippen molar-refractivity contribution in [1.29, 1.82) is 0 Å². The third-order valence-corrected chi connectivity index (χ3v) is 3.03. The predicted octanol–water partition coefficient (Wildman–Crippen LogP) is 1.15. The Morgan fingerprint density at radius 2 is 2.15 bits per heavy atom. The van der Waals surface area contributed by atoms with E-state index in [1.165, 1.54) is 12.1 Å². The molecule has 6 nitrogen and oxygen atoms in total. The van der Waals surface area contributed by atoms with Crippen molar-refractivity contribution < 1.29 is 15.0 Å². The zero-order valence-electron chi connectivity index (χ0n) is 11.4. The highest BCUT2D eigenvalue weighted by molar-refractivity contribution is 6.00. The fraction of sp³-hybridized carbons (Fsp3) is 0.286. The molecular formula is C14H17N3O3. The molecule has 106 valence electrons. The number of phenols is 2. The smallest absolute Gasteiger partial charge is 0.180 e. The van der Waals surface area contributed by atoms with Gasteiger partial charge < -0.3 is 14.8 Å². The van der Waals surface area contributed by atoms with Gasteiger partial charge in [-0.15, -0.1) is 0 Å². The molecule has 0 radical (unpaired) electrons. The standard InChI is InChI=1S/C14H17N3O3/c1-16(9-14-15-5-6-17(14)2)8-13(20)11-4-3-10(18)7-12(11)19/h3-7,18-19H,8-9H2,1-2H3. The van der Waals surface area contributed by atoms with Gasteiger partial charge in [-0.05, 0) is 19.2 Å². The molecule has 2 N–H and O–H groups in total. The third-order valence-electron chi connectivity index (χ3n) is 3.03. The summed E-state index contributed by atoms with van der Waals surface area (Å²) in [5, 5.41) is 18.9. The number of nitrogens with zero attached hydrogens (tertiary/aromatic N) is 3. The van der Waals surface area contributed by atoms with E-state index in [1.807, 2.05) is 29.8 Å². The predicted molar refractivity (Wildman–Crippen MR) is 73.6 cm³/mol. The molecule has 0 bridgehead atoms. The molecule has 0 aliphatic rings. The Hall–Kier alpha value is -2.34. The molecular weight excluding hydrogens is 258 g/mol. The van der Waals surface area contributed by atoms with Crippen LogP contribution in [0, 0.1) is 0 Å². The summed E-state index contributed by atoms with van der Waals surface area (Å²) in [7, 11) is 3.70. The highest BCUT2D eigenvalue weighted by atomic mass is 16.3. The molecule has 0 spiro atoms. The zero-order chi connectivity index (χ0) is 14.7. The second-order valence-electron chi connectivity index (χ2n) is 4.75. The Labute approximate surface area is 116 Å². The van der Waals surface area contributed by atoms with Crippen molar-refractivity contribution in [3.63, 3.8) is 0 Å². The SMILES string of the molecule is CN(CC(=O)c1ccc(O)cc1O)Cc1nccn1C. The fourth-order valence-corrected chi connectivity index (χ4v) is 1.93. The lowest BCUT2D eigenvalue weighted by Crippen LogP contribution is -2.26. The van der Waals surface area contributed by atoms with Gasteiger partial charge in [-0.1, -0.05) is 0 Å². The van der Waals surface area contributed by atoms with Gasteiger partial charge in [0, 0.05) is 25.5 Å². The number of ketones is 1. The molecule has 2 aromatic rings. The number of carbonyl (C=O) groups excluding carboxylic acids is 1. The first-order chi connectivity index (χ1) is 9.47. The molecule has 6 heteroatoms. The van der Waals surface area contributed by atoms with Crippen molar-refractivity contribution in [3.8, 4) is 11.5 Å². The van der Waals surface area contributed by atoms with E-state index in [9.17, 15) is 15.0 Å². The molecule has 0 fully saturated rings. The summed E-state index contributed by atoms with van der Waals surface area (Å²) in [5.41, 5.74) is 0.203. The van der Waals surface area contributed by atoms with Crippen molar-refractivity contribution in [2.75, 3.05) is 13.6 Å². The Kier molecular flexibility index (Phi) is 4.05. The molecule has 0 amide bonds. The van der Waals surface area contributed by atoms with Crippen molar-refractivity contribution >= 4 is 5.78 Å². The first kappa shape index (κ1) is 14.1. The Bertz CT molecular complexity index is 622. The van der Waals surface area contributed by atoms with Crippen molar-refractivity contribution in [3.05, 3.63) is 42.0 Å². The number of aromatic nitrogens is 2. The first-order valence-electron chi connectivity index (χ1n) is 6.17. The lowest BCUT2D eigenvalue weighted by molar-refractivity contribution is 0.0938. The number of carbonyl (C=O) groups is 1. The van der Waals surface area contributed by atoms with Crippen molar-refractivity contribution in [2.45, 2.75) is 6.54 Å². The van der Waals surface area contributed by atoms with Crippen LogP contribution in [-0.4, -0.2) is 44.0 Å². The minimum absolute atomic E-state index is 0.0691. The quantitative estimate of drug-likeness (QED) is 0.800. The normalized spacial score (nSPS) is 10.9.